The fraction of sp³-hybridized carbons (Fsp3) is 0.588. The number of hydrogen-bond acceptors (Lipinski definition) is 5. The summed E-state index contributed by atoms with van der Waals surface area (Å²) in [7, 11) is 1.33. The Bertz CT molecular complexity index is 851. The Labute approximate surface area is 160 Å². The third kappa shape index (κ3) is 3.98. The number of halogens is 3. The van der Waals surface area contributed by atoms with Crippen LogP contribution in [0.15, 0.2) is 18.6 Å². The van der Waals surface area contributed by atoms with Gasteiger partial charge in [-0.05, 0) is 34.6 Å². The molecule has 0 aliphatic carbocycles. The van der Waals surface area contributed by atoms with Gasteiger partial charge in [-0.25, -0.2) is 14.5 Å². The van der Waals surface area contributed by atoms with Crippen LogP contribution in [0.3, 0.4) is 0 Å². The molecule has 0 saturated carbocycles. The number of alkyl halides is 3. The van der Waals surface area contributed by atoms with E-state index in [0.29, 0.717) is 0 Å². The van der Waals surface area contributed by atoms with Crippen molar-refractivity contribution in [1.82, 2.24) is 19.3 Å². The van der Waals surface area contributed by atoms with Gasteiger partial charge in [-0.2, -0.15) is 18.3 Å². The van der Waals surface area contributed by atoms with Crippen molar-refractivity contribution in [2.75, 3.05) is 5.32 Å². The maximum atomic E-state index is 14.0. The highest BCUT2D eigenvalue weighted by atomic mass is 19.4. The zero-order chi connectivity index (χ0) is 21.5. The molecule has 0 aromatic carbocycles. The molecule has 0 spiro atoms. The number of nitrogens with zero attached hydrogens (tertiary/aromatic N) is 4. The van der Waals surface area contributed by atoms with Gasteiger partial charge in [-0.15, -0.1) is 0 Å². The van der Waals surface area contributed by atoms with E-state index >= 15 is 0 Å². The third-order valence-electron chi connectivity index (χ3n) is 3.85. The van der Waals surface area contributed by atoms with Gasteiger partial charge in [0, 0.05) is 25.5 Å². The summed E-state index contributed by atoms with van der Waals surface area (Å²) in [6.45, 7) is 8.20. The van der Waals surface area contributed by atoms with E-state index in [2.05, 4.69) is 15.4 Å². The molecule has 28 heavy (non-hydrogen) atoms. The van der Waals surface area contributed by atoms with Crippen LogP contribution in [-0.2, 0) is 17.4 Å². The van der Waals surface area contributed by atoms with Crippen LogP contribution in [0.4, 0.5) is 23.8 Å². The second-order valence-electron chi connectivity index (χ2n) is 7.64. The third-order valence-corrected chi connectivity index (χ3v) is 3.85. The molecule has 2 heterocycles. The Kier molecular flexibility index (Phi) is 5.52. The molecule has 2 aromatic heterocycles. The van der Waals surface area contributed by atoms with Gasteiger partial charge in [-0.1, -0.05) is 0 Å². The van der Waals surface area contributed by atoms with Crippen LogP contribution >= 0.6 is 0 Å². The SMILES string of the molecule is CC(C)n1ncc(C(O)(c2nccn2C)C(F)(F)F)c1NC(=O)OC(C)(C)C. The summed E-state index contributed by atoms with van der Waals surface area (Å²) in [4.78, 5) is 15.9. The van der Waals surface area contributed by atoms with Crippen LogP contribution < -0.4 is 5.32 Å². The molecule has 0 fully saturated rings. The number of anilines is 1. The standard InChI is InChI=1S/C17H24F3N5O3/c1-10(2)25-12(23-14(26)28-15(3,4)5)11(9-22-25)16(27,17(18,19)20)13-21-7-8-24(13)6/h7-10,27H,1-6H3,(H,23,26). The lowest BCUT2D eigenvalue weighted by Crippen LogP contribution is -2.46. The molecule has 156 valence electrons. The quantitative estimate of drug-likeness (QED) is 0.817. The van der Waals surface area contributed by atoms with E-state index in [4.69, 9.17) is 4.74 Å². The van der Waals surface area contributed by atoms with Crippen LogP contribution in [0.5, 0.6) is 0 Å². The van der Waals surface area contributed by atoms with E-state index < -0.39 is 40.9 Å². The van der Waals surface area contributed by atoms with Crippen molar-refractivity contribution in [3.63, 3.8) is 0 Å². The molecule has 0 aliphatic rings. The summed E-state index contributed by atoms with van der Waals surface area (Å²) in [5.41, 5.74) is -5.02. The van der Waals surface area contributed by atoms with Crippen molar-refractivity contribution in [3.05, 3.63) is 30.0 Å². The summed E-state index contributed by atoms with van der Waals surface area (Å²) >= 11 is 0. The number of aliphatic hydroxyl groups is 1. The van der Waals surface area contributed by atoms with Crippen LogP contribution in [0, 0.1) is 0 Å². The summed E-state index contributed by atoms with van der Waals surface area (Å²) < 4.78 is 49.5. The minimum absolute atomic E-state index is 0.327. The molecule has 1 atom stereocenters. The molecule has 2 aromatic rings. The highest BCUT2D eigenvalue weighted by molar-refractivity contribution is 5.85. The Morgan fingerprint density at radius 3 is 2.32 bits per heavy atom. The zero-order valence-electron chi connectivity index (χ0n) is 16.5. The lowest BCUT2D eigenvalue weighted by Gasteiger charge is -2.30. The van der Waals surface area contributed by atoms with Gasteiger partial charge in [0.1, 0.15) is 11.4 Å². The highest BCUT2D eigenvalue weighted by Gasteiger charge is 2.61. The number of carbonyl (C=O) groups excluding carboxylic acids is 1. The van der Waals surface area contributed by atoms with Crippen molar-refractivity contribution in [2.45, 2.75) is 58.0 Å². The van der Waals surface area contributed by atoms with Crippen molar-refractivity contribution in [1.29, 1.82) is 0 Å². The van der Waals surface area contributed by atoms with Gasteiger partial charge in [0.2, 0.25) is 5.60 Å². The molecule has 0 bridgehead atoms. The fourth-order valence-electron chi connectivity index (χ4n) is 2.66. The average Bonchev–Trinajstić information content (AvgIpc) is 3.10. The monoisotopic (exact) mass is 403 g/mol. The van der Waals surface area contributed by atoms with E-state index in [9.17, 15) is 23.1 Å². The van der Waals surface area contributed by atoms with Gasteiger partial charge < -0.3 is 14.4 Å². The normalized spacial score (nSPS) is 14.8. The molecule has 1 unspecified atom stereocenters. The molecule has 1 amide bonds. The number of carbonyl (C=O) groups is 1. The number of imidazole rings is 1. The lowest BCUT2D eigenvalue weighted by atomic mass is 9.93. The maximum absolute atomic E-state index is 14.0. The van der Waals surface area contributed by atoms with E-state index in [0.717, 1.165) is 17.0 Å². The maximum Gasteiger partial charge on any atom is 0.429 e. The molecule has 2 rings (SSSR count). The molecular weight excluding hydrogens is 379 g/mol. The van der Waals surface area contributed by atoms with Crippen molar-refractivity contribution >= 4 is 11.9 Å². The predicted molar refractivity (Wildman–Crippen MR) is 94.7 cm³/mol. The van der Waals surface area contributed by atoms with E-state index in [1.165, 1.54) is 17.9 Å². The minimum Gasteiger partial charge on any atom is -0.444 e. The zero-order valence-corrected chi connectivity index (χ0v) is 16.5. The number of hydrogen-bond donors (Lipinski definition) is 2. The molecule has 11 heteroatoms. The molecule has 0 aliphatic heterocycles. The first-order chi connectivity index (χ1) is 12.7. The Morgan fingerprint density at radius 2 is 1.89 bits per heavy atom. The highest BCUT2D eigenvalue weighted by Crippen LogP contribution is 2.46. The van der Waals surface area contributed by atoms with Crippen molar-refractivity contribution in [2.24, 2.45) is 7.05 Å². The Morgan fingerprint density at radius 1 is 1.29 bits per heavy atom. The molecule has 8 nitrogen and oxygen atoms in total. The van der Waals surface area contributed by atoms with Gasteiger partial charge in [0.15, 0.2) is 5.82 Å². The number of aromatic nitrogens is 4. The molecule has 2 N–H and O–H groups in total. The molecule has 0 radical (unpaired) electrons. The lowest BCUT2D eigenvalue weighted by molar-refractivity contribution is -0.251. The summed E-state index contributed by atoms with van der Waals surface area (Å²) in [6, 6.07) is -0.405. The summed E-state index contributed by atoms with van der Waals surface area (Å²) in [5, 5.41) is 17.1. The van der Waals surface area contributed by atoms with E-state index in [1.807, 2.05) is 0 Å². The summed E-state index contributed by atoms with van der Waals surface area (Å²) in [5.74, 6) is -0.984. The van der Waals surface area contributed by atoms with Gasteiger partial charge in [0.25, 0.3) is 0 Å². The Hall–Kier alpha value is -2.56. The average molecular weight is 403 g/mol. The first-order valence-corrected chi connectivity index (χ1v) is 8.53. The molecule has 0 saturated heterocycles. The van der Waals surface area contributed by atoms with E-state index in [1.54, 1.807) is 34.6 Å². The van der Waals surface area contributed by atoms with Gasteiger partial charge in [0.05, 0.1) is 11.8 Å². The Balaban J connectivity index is 2.66. The van der Waals surface area contributed by atoms with Crippen LogP contribution in [-0.4, -0.2) is 42.3 Å². The number of ether oxygens (including phenoxy) is 1. The second kappa shape index (κ2) is 7.12. The van der Waals surface area contributed by atoms with Crippen molar-refractivity contribution in [3.8, 4) is 0 Å². The number of aryl methyl sites for hydroxylation is 1. The van der Waals surface area contributed by atoms with Gasteiger partial charge >= 0.3 is 12.3 Å². The van der Waals surface area contributed by atoms with Crippen LogP contribution in [0.25, 0.3) is 0 Å². The van der Waals surface area contributed by atoms with Crippen molar-refractivity contribution < 1.29 is 27.8 Å². The minimum atomic E-state index is -5.14. The topological polar surface area (TPSA) is 94.2 Å². The number of rotatable bonds is 4. The number of nitrogens with one attached hydrogen (secondary N) is 1. The van der Waals surface area contributed by atoms with E-state index in [-0.39, 0.29) is 5.82 Å². The predicted octanol–water partition coefficient (Wildman–Crippen LogP) is 3.34. The number of amides is 1. The second-order valence-corrected chi connectivity index (χ2v) is 7.64. The van der Waals surface area contributed by atoms with Gasteiger partial charge in [-0.3, -0.25) is 5.32 Å². The largest absolute Gasteiger partial charge is 0.444 e. The smallest absolute Gasteiger partial charge is 0.429 e. The summed E-state index contributed by atoms with van der Waals surface area (Å²) in [6.07, 6.45) is -2.82. The first kappa shape index (κ1) is 21.7. The van der Waals surface area contributed by atoms with Crippen LogP contribution in [0.1, 0.15) is 52.0 Å². The molecular formula is C17H24F3N5O3. The van der Waals surface area contributed by atoms with Crippen LogP contribution in [0.2, 0.25) is 0 Å². The first-order valence-electron chi connectivity index (χ1n) is 8.53. The fourth-order valence-corrected chi connectivity index (χ4v) is 2.66.